The molecule has 1 rings (SSSR count). The smallest absolute Gasteiger partial charge is 0.311 e. The first-order valence-corrected chi connectivity index (χ1v) is 4.95. The summed E-state index contributed by atoms with van der Waals surface area (Å²) in [6.07, 6.45) is 0. The summed E-state index contributed by atoms with van der Waals surface area (Å²) in [5.74, 6) is 0.532. The molecule has 0 fully saturated rings. The number of halogens is 1. The minimum Gasteiger partial charge on any atom is -0.487 e. The molecule has 1 aromatic rings. The molecule has 0 N–H and O–H groups in total. The van der Waals surface area contributed by atoms with E-state index in [1.54, 1.807) is 0 Å². The van der Waals surface area contributed by atoms with E-state index in [9.17, 15) is 10.1 Å². The molecule has 15 heavy (non-hydrogen) atoms. The van der Waals surface area contributed by atoms with E-state index in [-0.39, 0.29) is 11.4 Å². The summed E-state index contributed by atoms with van der Waals surface area (Å²) in [6, 6.07) is 4.28. The van der Waals surface area contributed by atoms with Gasteiger partial charge in [0.05, 0.1) is 11.5 Å². The Hall–Kier alpha value is -1.29. The van der Waals surface area contributed by atoms with Gasteiger partial charge in [0.1, 0.15) is 0 Å². The van der Waals surface area contributed by atoms with Gasteiger partial charge in [0.2, 0.25) is 0 Å². The molecular weight excluding hydrogens is 218 g/mol. The molecule has 0 spiro atoms. The lowest BCUT2D eigenvalue weighted by Gasteiger charge is -2.08. The fraction of sp³-hybridized carbons (Fsp3) is 0.400. The van der Waals surface area contributed by atoms with Gasteiger partial charge in [-0.3, -0.25) is 10.1 Å². The van der Waals surface area contributed by atoms with Crippen molar-refractivity contribution in [2.24, 2.45) is 5.92 Å². The highest BCUT2D eigenvalue weighted by Gasteiger charge is 2.15. The molecule has 0 amide bonds. The maximum atomic E-state index is 10.7. The molecule has 0 heterocycles. The van der Waals surface area contributed by atoms with Crippen molar-refractivity contribution >= 4 is 17.3 Å². The van der Waals surface area contributed by atoms with E-state index in [4.69, 9.17) is 16.3 Å². The second kappa shape index (κ2) is 4.98. The van der Waals surface area contributed by atoms with Crippen LogP contribution in [-0.2, 0) is 0 Å². The van der Waals surface area contributed by atoms with Gasteiger partial charge < -0.3 is 4.74 Å². The summed E-state index contributed by atoms with van der Waals surface area (Å²) in [7, 11) is 0. The van der Waals surface area contributed by atoms with Gasteiger partial charge in [-0.15, -0.1) is 0 Å². The number of benzene rings is 1. The number of nitro benzene ring substituents is 1. The first-order valence-electron chi connectivity index (χ1n) is 4.57. The summed E-state index contributed by atoms with van der Waals surface area (Å²) in [5.41, 5.74) is -0.0555. The van der Waals surface area contributed by atoms with Crippen LogP contribution in [0.15, 0.2) is 18.2 Å². The zero-order valence-electron chi connectivity index (χ0n) is 8.57. The maximum absolute atomic E-state index is 10.7. The van der Waals surface area contributed by atoms with Crippen molar-refractivity contribution in [2.45, 2.75) is 13.8 Å². The van der Waals surface area contributed by atoms with Crippen molar-refractivity contribution in [3.05, 3.63) is 33.3 Å². The zero-order valence-corrected chi connectivity index (χ0v) is 9.32. The summed E-state index contributed by atoms with van der Waals surface area (Å²) in [5, 5.41) is 11.1. The number of hydrogen-bond acceptors (Lipinski definition) is 3. The highest BCUT2D eigenvalue weighted by Crippen LogP contribution is 2.30. The first-order chi connectivity index (χ1) is 7.00. The Morgan fingerprint density at radius 1 is 1.53 bits per heavy atom. The topological polar surface area (TPSA) is 52.4 Å². The molecule has 5 heteroatoms. The van der Waals surface area contributed by atoms with E-state index in [0.29, 0.717) is 17.5 Å². The van der Waals surface area contributed by atoms with Gasteiger partial charge in [0, 0.05) is 17.2 Å². The third-order valence-corrected chi connectivity index (χ3v) is 1.93. The Morgan fingerprint density at radius 3 is 2.73 bits per heavy atom. The molecule has 0 bridgehead atoms. The number of hydrogen-bond donors (Lipinski definition) is 0. The van der Waals surface area contributed by atoms with Crippen molar-refractivity contribution in [2.75, 3.05) is 6.61 Å². The lowest BCUT2D eigenvalue weighted by Crippen LogP contribution is -2.06. The first kappa shape index (κ1) is 11.8. The predicted octanol–water partition coefficient (Wildman–Crippen LogP) is 3.28. The number of nitrogens with zero attached hydrogens (tertiary/aromatic N) is 1. The van der Waals surface area contributed by atoms with Crippen LogP contribution in [0.3, 0.4) is 0 Å². The van der Waals surface area contributed by atoms with Crippen LogP contribution >= 0.6 is 11.6 Å². The summed E-state index contributed by atoms with van der Waals surface area (Å²) in [6.45, 7) is 4.37. The van der Waals surface area contributed by atoms with Crippen LogP contribution in [-0.4, -0.2) is 11.5 Å². The van der Waals surface area contributed by atoms with Crippen LogP contribution < -0.4 is 4.74 Å². The van der Waals surface area contributed by atoms with Gasteiger partial charge in [-0.05, 0) is 12.0 Å². The van der Waals surface area contributed by atoms with E-state index in [1.165, 1.54) is 18.2 Å². The molecule has 0 aliphatic carbocycles. The second-order valence-corrected chi connectivity index (χ2v) is 4.01. The summed E-state index contributed by atoms with van der Waals surface area (Å²) >= 11 is 5.73. The van der Waals surface area contributed by atoms with Gasteiger partial charge in [-0.25, -0.2) is 0 Å². The third kappa shape index (κ3) is 3.40. The van der Waals surface area contributed by atoms with Crippen LogP contribution in [0.2, 0.25) is 5.02 Å². The van der Waals surface area contributed by atoms with Crippen molar-refractivity contribution in [3.8, 4) is 5.75 Å². The molecule has 0 aromatic heterocycles. The fourth-order valence-corrected chi connectivity index (χ4v) is 1.17. The fourth-order valence-electron chi connectivity index (χ4n) is 1.01. The van der Waals surface area contributed by atoms with E-state index >= 15 is 0 Å². The van der Waals surface area contributed by atoms with Crippen LogP contribution in [0.25, 0.3) is 0 Å². The quantitative estimate of drug-likeness (QED) is 0.588. The molecule has 0 aliphatic heterocycles. The molecule has 0 radical (unpaired) electrons. The molecule has 0 saturated heterocycles. The van der Waals surface area contributed by atoms with E-state index < -0.39 is 4.92 Å². The van der Waals surface area contributed by atoms with Crippen molar-refractivity contribution in [1.82, 2.24) is 0 Å². The SMILES string of the molecule is CC(C)COc1cc(Cl)ccc1[N+](=O)[O-]. The van der Waals surface area contributed by atoms with Gasteiger partial charge in [-0.2, -0.15) is 0 Å². The normalized spacial score (nSPS) is 10.4. The highest BCUT2D eigenvalue weighted by molar-refractivity contribution is 6.30. The minimum atomic E-state index is -0.480. The predicted molar refractivity (Wildman–Crippen MR) is 58.4 cm³/mol. The Kier molecular flexibility index (Phi) is 3.91. The average Bonchev–Trinajstić information content (AvgIpc) is 2.14. The van der Waals surface area contributed by atoms with Gasteiger partial charge in [0.15, 0.2) is 5.75 Å². The minimum absolute atomic E-state index is 0.0555. The largest absolute Gasteiger partial charge is 0.487 e. The monoisotopic (exact) mass is 229 g/mol. The number of rotatable bonds is 4. The number of nitro groups is 1. The van der Waals surface area contributed by atoms with E-state index in [2.05, 4.69) is 0 Å². The van der Waals surface area contributed by atoms with Crippen molar-refractivity contribution in [3.63, 3.8) is 0 Å². The van der Waals surface area contributed by atoms with E-state index in [1.807, 2.05) is 13.8 Å². The molecule has 4 nitrogen and oxygen atoms in total. The highest BCUT2D eigenvalue weighted by atomic mass is 35.5. The van der Waals surface area contributed by atoms with Crippen LogP contribution in [0.4, 0.5) is 5.69 Å². The molecule has 0 aliphatic rings. The Morgan fingerprint density at radius 2 is 2.20 bits per heavy atom. The molecule has 82 valence electrons. The summed E-state index contributed by atoms with van der Waals surface area (Å²) < 4.78 is 5.31. The van der Waals surface area contributed by atoms with E-state index in [0.717, 1.165) is 0 Å². The van der Waals surface area contributed by atoms with Gasteiger partial charge in [-0.1, -0.05) is 25.4 Å². The molecule has 0 unspecified atom stereocenters. The molecule has 0 saturated carbocycles. The van der Waals surface area contributed by atoms with Crippen LogP contribution in [0.1, 0.15) is 13.8 Å². The maximum Gasteiger partial charge on any atom is 0.311 e. The third-order valence-electron chi connectivity index (χ3n) is 1.69. The molecule has 0 atom stereocenters. The Labute approximate surface area is 93.0 Å². The van der Waals surface area contributed by atoms with Crippen molar-refractivity contribution < 1.29 is 9.66 Å². The van der Waals surface area contributed by atoms with Gasteiger partial charge in [0.25, 0.3) is 0 Å². The Bertz CT molecular complexity index is 366. The lowest BCUT2D eigenvalue weighted by molar-refractivity contribution is -0.385. The standard InChI is InChI=1S/C10H12ClNO3/c1-7(2)6-15-10-5-8(11)3-4-9(10)12(13)14/h3-5,7H,6H2,1-2H3. The summed E-state index contributed by atoms with van der Waals surface area (Å²) in [4.78, 5) is 10.2. The molecular formula is C10H12ClNO3. The molecule has 1 aromatic carbocycles. The Balaban J connectivity index is 2.92. The lowest BCUT2D eigenvalue weighted by atomic mass is 10.2. The zero-order chi connectivity index (χ0) is 11.4. The van der Waals surface area contributed by atoms with Crippen LogP contribution in [0, 0.1) is 16.0 Å². The van der Waals surface area contributed by atoms with Gasteiger partial charge >= 0.3 is 5.69 Å². The number of ether oxygens (including phenoxy) is 1. The van der Waals surface area contributed by atoms with Crippen LogP contribution in [0.5, 0.6) is 5.75 Å². The van der Waals surface area contributed by atoms with Crippen molar-refractivity contribution in [1.29, 1.82) is 0 Å². The second-order valence-electron chi connectivity index (χ2n) is 3.57. The average molecular weight is 230 g/mol.